The normalized spacial score (nSPS) is 10.7. The molecule has 0 unspecified atom stereocenters. The molecule has 4 aromatic rings. The van der Waals surface area contributed by atoms with Gasteiger partial charge in [0.15, 0.2) is 0 Å². The molecular formula is C23H19BrN6O. The number of benzene rings is 3. The van der Waals surface area contributed by atoms with E-state index in [2.05, 4.69) is 47.6 Å². The van der Waals surface area contributed by atoms with Crippen molar-refractivity contribution in [1.82, 2.24) is 15.0 Å². The minimum atomic E-state index is 0.134. The second kappa shape index (κ2) is 8.98. The van der Waals surface area contributed by atoms with E-state index in [-0.39, 0.29) is 12.1 Å². The first kappa shape index (κ1) is 20.6. The first-order chi connectivity index (χ1) is 15.0. The van der Waals surface area contributed by atoms with Crippen molar-refractivity contribution in [3.63, 3.8) is 0 Å². The molecule has 0 aliphatic rings. The summed E-state index contributed by atoms with van der Waals surface area (Å²) in [5.41, 5.74) is 1.33. The van der Waals surface area contributed by atoms with Crippen LogP contribution in [0.25, 0.3) is 10.8 Å². The average Bonchev–Trinajstić information content (AvgIpc) is 2.74. The van der Waals surface area contributed by atoms with Gasteiger partial charge in [-0.15, -0.1) is 0 Å². The third-order valence-electron chi connectivity index (χ3n) is 4.31. The van der Waals surface area contributed by atoms with E-state index in [0.29, 0.717) is 23.2 Å². The highest BCUT2D eigenvalue weighted by Gasteiger charge is 2.11. The second-order valence-electron chi connectivity index (χ2n) is 7.10. The molecule has 31 heavy (non-hydrogen) atoms. The van der Waals surface area contributed by atoms with Crippen LogP contribution >= 0.6 is 15.9 Å². The monoisotopic (exact) mass is 474 g/mol. The molecule has 1 aromatic heterocycles. The lowest BCUT2D eigenvalue weighted by atomic mass is 10.1. The van der Waals surface area contributed by atoms with E-state index in [9.17, 15) is 0 Å². The largest absolute Gasteiger partial charge is 0.424 e. The van der Waals surface area contributed by atoms with Gasteiger partial charge in [0.2, 0.25) is 11.9 Å². The maximum absolute atomic E-state index is 8.97. The van der Waals surface area contributed by atoms with Crippen molar-refractivity contribution in [2.75, 3.05) is 10.6 Å². The molecule has 0 atom stereocenters. The number of nitriles is 1. The van der Waals surface area contributed by atoms with Gasteiger partial charge in [-0.25, -0.2) is 0 Å². The summed E-state index contributed by atoms with van der Waals surface area (Å²) in [7, 11) is 0. The van der Waals surface area contributed by atoms with Crippen molar-refractivity contribution in [3.8, 4) is 17.8 Å². The second-order valence-corrected chi connectivity index (χ2v) is 7.96. The number of ether oxygens (including phenoxy) is 1. The van der Waals surface area contributed by atoms with Crippen LogP contribution < -0.4 is 15.4 Å². The third kappa shape index (κ3) is 5.08. The summed E-state index contributed by atoms with van der Waals surface area (Å²) in [5.74, 6) is 1.35. The van der Waals surface area contributed by atoms with Crippen LogP contribution in [0, 0.1) is 11.3 Å². The van der Waals surface area contributed by atoms with Crippen molar-refractivity contribution in [3.05, 3.63) is 70.7 Å². The van der Waals surface area contributed by atoms with Crippen molar-refractivity contribution in [2.45, 2.75) is 19.9 Å². The van der Waals surface area contributed by atoms with Gasteiger partial charge in [0.25, 0.3) is 0 Å². The molecule has 0 aliphatic heterocycles. The van der Waals surface area contributed by atoms with E-state index in [1.165, 1.54) is 0 Å². The standard InChI is InChI=1S/C23H19BrN6O/c1-14(2)26-21-28-22(27-17-9-6-15(13-25)7-10-17)30-23(29-21)31-18-11-8-16-4-3-5-20(24)19(16)12-18/h3-12,14H,1-2H3,(H2,26,27,28,29,30). The smallest absolute Gasteiger partial charge is 0.328 e. The van der Waals surface area contributed by atoms with Crippen LogP contribution in [0.2, 0.25) is 0 Å². The van der Waals surface area contributed by atoms with Crippen LogP contribution in [0.4, 0.5) is 17.6 Å². The molecule has 3 aromatic carbocycles. The molecule has 1 heterocycles. The molecule has 0 saturated carbocycles. The molecule has 2 N–H and O–H groups in total. The van der Waals surface area contributed by atoms with Gasteiger partial charge in [-0.2, -0.15) is 20.2 Å². The van der Waals surface area contributed by atoms with Crippen molar-refractivity contribution in [2.24, 2.45) is 0 Å². The highest BCUT2D eigenvalue weighted by molar-refractivity contribution is 9.10. The predicted octanol–water partition coefficient (Wildman–Crippen LogP) is 6.02. The molecule has 0 aliphatic carbocycles. The number of nitrogens with one attached hydrogen (secondary N) is 2. The van der Waals surface area contributed by atoms with E-state index >= 15 is 0 Å². The van der Waals surface area contributed by atoms with Gasteiger partial charge >= 0.3 is 6.01 Å². The Morgan fingerprint density at radius 1 is 0.968 bits per heavy atom. The number of aromatic nitrogens is 3. The molecule has 0 bridgehead atoms. The molecule has 0 saturated heterocycles. The maximum atomic E-state index is 8.97. The van der Waals surface area contributed by atoms with Crippen LogP contribution in [-0.2, 0) is 0 Å². The van der Waals surface area contributed by atoms with E-state index in [1.807, 2.05) is 50.2 Å². The summed E-state index contributed by atoms with van der Waals surface area (Å²) < 4.78 is 6.96. The Bertz CT molecular complexity index is 1270. The van der Waals surface area contributed by atoms with E-state index in [4.69, 9.17) is 10.00 Å². The summed E-state index contributed by atoms with van der Waals surface area (Å²) in [4.78, 5) is 13.2. The van der Waals surface area contributed by atoms with Gasteiger partial charge in [0.1, 0.15) is 5.75 Å². The van der Waals surface area contributed by atoms with Gasteiger partial charge < -0.3 is 15.4 Å². The zero-order valence-electron chi connectivity index (χ0n) is 16.9. The number of nitrogens with zero attached hydrogens (tertiary/aromatic N) is 4. The average molecular weight is 475 g/mol. The summed E-state index contributed by atoms with van der Waals surface area (Å²) in [6, 6.07) is 21.2. The fourth-order valence-electron chi connectivity index (χ4n) is 2.92. The summed E-state index contributed by atoms with van der Waals surface area (Å²) in [6.45, 7) is 4.00. The molecule has 0 fully saturated rings. The Morgan fingerprint density at radius 2 is 1.74 bits per heavy atom. The number of fused-ring (bicyclic) bond motifs is 1. The zero-order chi connectivity index (χ0) is 21.8. The fraction of sp³-hybridized carbons (Fsp3) is 0.130. The van der Waals surface area contributed by atoms with Gasteiger partial charge in [0.05, 0.1) is 11.6 Å². The lowest BCUT2D eigenvalue weighted by Crippen LogP contribution is -2.14. The highest BCUT2D eigenvalue weighted by Crippen LogP contribution is 2.30. The summed E-state index contributed by atoms with van der Waals surface area (Å²) in [5, 5.41) is 17.4. The quantitative estimate of drug-likeness (QED) is 0.352. The number of rotatable bonds is 6. The molecule has 154 valence electrons. The maximum Gasteiger partial charge on any atom is 0.328 e. The molecule has 0 radical (unpaired) electrons. The fourth-order valence-corrected chi connectivity index (χ4v) is 3.42. The van der Waals surface area contributed by atoms with Crippen molar-refractivity contribution >= 4 is 44.3 Å². The predicted molar refractivity (Wildman–Crippen MR) is 125 cm³/mol. The summed E-state index contributed by atoms with van der Waals surface area (Å²) >= 11 is 3.58. The Balaban J connectivity index is 1.65. The lowest BCUT2D eigenvalue weighted by molar-refractivity contribution is 0.442. The number of hydrogen-bond donors (Lipinski definition) is 2. The van der Waals surface area contributed by atoms with Crippen LogP contribution in [0.1, 0.15) is 19.4 Å². The van der Waals surface area contributed by atoms with E-state index < -0.39 is 0 Å². The van der Waals surface area contributed by atoms with Gasteiger partial charge in [-0.3, -0.25) is 0 Å². The van der Waals surface area contributed by atoms with Gasteiger partial charge in [-0.1, -0.05) is 34.1 Å². The van der Waals surface area contributed by atoms with E-state index in [1.54, 1.807) is 24.3 Å². The summed E-state index contributed by atoms with van der Waals surface area (Å²) in [6.07, 6.45) is 0. The van der Waals surface area contributed by atoms with Gasteiger partial charge in [-0.05, 0) is 67.1 Å². The third-order valence-corrected chi connectivity index (χ3v) is 5.00. The minimum Gasteiger partial charge on any atom is -0.424 e. The topological polar surface area (TPSA) is 95.8 Å². The van der Waals surface area contributed by atoms with Crippen LogP contribution in [0.5, 0.6) is 11.8 Å². The number of hydrogen-bond acceptors (Lipinski definition) is 7. The minimum absolute atomic E-state index is 0.134. The molecule has 8 heteroatoms. The Hall–Kier alpha value is -3.70. The highest BCUT2D eigenvalue weighted by atomic mass is 79.9. The van der Waals surface area contributed by atoms with E-state index in [0.717, 1.165) is 20.9 Å². The zero-order valence-corrected chi connectivity index (χ0v) is 18.5. The van der Waals surface area contributed by atoms with Crippen LogP contribution in [0.3, 0.4) is 0 Å². The molecule has 0 amide bonds. The Labute approximate surface area is 188 Å². The Morgan fingerprint density at radius 3 is 2.48 bits per heavy atom. The lowest BCUT2D eigenvalue weighted by Gasteiger charge is -2.12. The first-order valence-electron chi connectivity index (χ1n) is 9.66. The van der Waals surface area contributed by atoms with Crippen molar-refractivity contribution in [1.29, 1.82) is 5.26 Å². The van der Waals surface area contributed by atoms with Crippen molar-refractivity contribution < 1.29 is 4.74 Å². The number of halogens is 1. The molecule has 0 spiro atoms. The van der Waals surface area contributed by atoms with Gasteiger partial charge in [0, 0.05) is 16.2 Å². The molecular weight excluding hydrogens is 456 g/mol. The Kier molecular flexibility index (Phi) is 5.96. The first-order valence-corrected chi connectivity index (χ1v) is 10.5. The van der Waals surface area contributed by atoms with Crippen LogP contribution in [0.15, 0.2) is 65.1 Å². The molecule has 7 nitrogen and oxygen atoms in total. The molecule has 4 rings (SSSR count). The SMILES string of the molecule is CC(C)Nc1nc(Nc2ccc(C#N)cc2)nc(Oc2ccc3cccc(Br)c3c2)n1. The van der Waals surface area contributed by atoms with Crippen LogP contribution in [-0.4, -0.2) is 21.0 Å². The number of anilines is 3.